The van der Waals surface area contributed by atoms with Crippen LogP contribution in [0.3, 0.4) is 0 Å². The maximum absolute atomic E-state index is 11.6. The van der Waals surface area contributed by atoms with Gasteiger partial charge in [-0.05, 0) is 34.1 Å². The van der Waals surface area contributed by atoms with Crippen LogP contribution in [0.4, 0.5) is 5.69 Å². The lowest BCUT2D eigenvalue weighted by molar-refractivity contribution is 0.102. The standard InChI is InChI=1S/C10H7BrN2O2/c11-9-8(2-1-4-12-9)13-10(14)7-3-5-15-6-7/h1-6H,(H,13,14). The second-order valence-electron chi connectivity index (χ2n) is 2.81. The van der Waals surface area contributed by atoms with E-state index in [4.69, 9.17) is 4.42 Å². The number of nitrogens with one attached hydrogen (secondary N) is 1. The first-order chi connectivity index (χ1) is 7.27. The molecule has 0 aliphatic carbocycles. The number of pyridine rings is 1. The molecule has 0 atom stereocenters. The molecule has 4 nitrogen and oxygen atoms in total. The molecule has 0 saturated carbocycles. The summed E-state index contributed by atoms with van der Waals surface area (Å²) in [5.41, 5.74) is 1.11. The molecular weight excluding hydrogens is 260 g/mol. The van der Waals surface area contributed by atoms with Gasteiger partial charge in [0, 0.05) is 6.20 Å². The number of hydrogen-bond acceptors (Lipinski definition) is 3. The second kappa shape index (κ2) is 4.27. The Kier molecular flexibility index (Phi) is 2.82. The Hall–Kier alpha value is -1.62. The molecule has 0 fully saturated rings. The number of rotatable bonds is 2. The van der Waals surface area contributed by atoms with Gasteiger partial charge >= 0.3 is 0 Å². The van der Waals surface area contributed by atoms with Crippen molar-refractivity contribution in [2.75, 3.05) is 5.32 Å². The van der Waals surface area contributed by atoms with Crippen molar-refractivity contribution in [1.29, 1.82) is 0 Å². The molecule has 2 rings (SSSR count). The Morgan fingerprint density at radius 3 is 3.00 bits per heavy atom. The van der Waals surface area contributed by atoms with Crippen LogP contribution in [0, 0.1) is 0 Å². The Bertz CT molecular complexity index is 468. The summed E-state index contributed by atoms with van der Waals surface area (Å²) in [4.78, 5) is 15.6. The van der Waals surface area contributed by atoms with Gasteiger partial charge in [0.1, 0.15) is 10.9 Å². The number of nitrogens with zero attached hydrogens (tertiary/aromatic N) is 1. The fourth-order valence-electron chi connectivity index (χ4n) is 1.07. The third-order valence-electron chi connectivity index (χ3n) is 1.79. The van der Waals surface area contributed by atoms with Gasteiger partial charge in [0.25, 0.3) is 5.91 Å². The summed E-state index contributed by atoms with van der Waals surface area (Å²) >= 11 is 3.24. The van der Waals surface area contributed by atoms with E-state index in [-0.39, 0.29) is 5.91 Å². The summed E-state index contributed by atoms with van der Waals surface area (Å²) < 4.78 is 5.41. The maximum Gasteiger partial charge on any atom is 0.258 e. The number of halogens is 1. The zero-order chi connectivity index (χ0) is 10.7. The molecule has 0 spiro atoms. The number of carbonyl (C=O) groups excluding carboxylic acids is 1. The minimum absolute atomic E-state index is 0.225. The van der Waals surface area contributed by atoms with Crippen LogP contribution in [-0.4, -0.2) is 10.9 Å². The number of amides is 1. The predicted molar refractivity (Wildman–Crippen MR) is 58.6 cm³/mol. The lowest BCUT2D eigenvalue weighted by Gasteiger charge is -2.04. The van der Waals surface area contributed by atoms with Crippen LogP contribution in [0.5, 0.6) is 0 Å². The molecule has 0 aromatic carbocycles. The summed E-state index contributed by atoms with van der Waals surface area (Å²) in [5, 5.41) is 2.70. The Labute approximate surface area is 94.4 Å². The molecule has 0 saturated heterocycles. The smallest absolute Gasteiger partial charge is 0.258 e. The fraction of sp³-hybridized carbons (Fsp3) is 0. The fourth-order valence-corrected chi connectivity index (χ4v) is 1.42. The quantitative estimate of drug-likeness (QED) is 0.851. The SMILES string of the molecule is O=C(Nc1cccnc1Br)c1ccoc1. The van der Waals surface area contributed by atoms with Crippen molar-refractivity contribution in [2.45, 2.75) is 0 Å². The first-order valence-corrected chi connectivity index (χ1v) is 5.01. The second-order valence-corrected chi connectivity index (χ2v) is 3.56. The average molecular weight is 267 g/mol. The van der Waals surface area contributed by atoms with Crippen molar-refractivity contribution in [3.8, 4) is 0 Å². The minimum atomic E-state index is -0.225. The van der Waals surface area contributed by atoms with Crippen LogP contribution in [-0.2, 0) is 0 Å². The Morgan fingerprint density at radius 2 is 2.33 bits per heavy atom. The topological polar surface area (TPSA) is 55.1 Å². The highest BCUT2D eigenvalue weighted by Gasteiger charge is 2.08. The molecule has 1 N–H and O–H groups in total. The number of hydrogen-bond donors (Lipinski definition) is 1. The summed E-state index contributed by atoms with van der Waals surface area (Å²) in [6.07, 6.45) is 4.48. The van der Waals surface area contributed by atoms with Crippen molar-refractivity contribution < 1.29 is 9.21 Å². The lowest BCUT2D eigenvalue weighted by Crippen LogP contribution is -2.11. The van der Waals surface area contributed by atoms with Crippen molar-refractivity contribution >= 4 is 27.5 Å². The molecular formula is C10H7BrN2O2. The molecule has 2 aromatic heterocycles. The Morgan fingerprint density at radius 1 is 1.47 bits per heavy atom. The van der Waals surface area contributed by atoms with E-state index in [9.17, 15) is 4.79 Å². The first kappa shape index (κ1) is 9.92. The van der Waals surface area contributed by atoms with E-state index < -0.39 is 0 Å². The van der Waals surface area contributed by atoms with Gasteiger partial charge in [-0.2, -0.15) is 0 Å². The van der Waals surface area contributed by atoms with Crippen LogP contribution in [0.1, 0.15) is 10.4 Å². The van der Waals surface area contributed by atoms with Gasteiger partial charge in [-0.25, -0.2) is 4.98 Å². The van der Waals surface area contributed by atoms with Gasteiger partial charge in [0.05, 0.1) is 17.5 Å². The van der Waals surface area contributed by atoms with Crippen molar-refractivity contribution in [2.24, 2.45) is 0 Å². The third-order valence-corrected chi connectivity index (χ3v) is 2.42. The van der Waals surface area contributed by atoms with Gasteiger partial charge in [-0.1, -0.05) is 0 Å². The highest BCUT2D eigenvalue weighted by atomic mass is 79.9. The van der Waals surface area contributed by atoms with Gasteiger partial charge in [-0.15, -0.1) is 0 Å². The molecule has 2 aromatic rings. The Balaban J connectivity index is 2.17. The van der Waals surface area contributed by atoms with Gasteiger partial charge in [0.15, 0.2) is 0 Å². The van der Waals surface area contributed by atoms with Crippen molar-refractivity contribution in [3.05, 3.63) is 47.1 Å². The van der Waals surface area contributed by atoms with Crippen LogP contribution in [0.25, 0.3) is 0 Å². The number of aromatic nitrogens is 1. The monoisotopic (exact) mass is 266 g/mol. The third kappa shape index (κ3) is 2.24. The molecule has 0 aliphatic rings. The van der Waals surface area contributed by atoms with Crippen LogP contribution < -0.4 is 5.32 Å². The molecule has 0 bridgehead atoms. The molecule has 2 heterocycles. The zero-order valence-electron chi connectivity index (χ0n) is 7.61. The van der Waals surface area contributed by atoms with Gasteiger partial charge in [-0.3, -0.25) is 4.79 Å². The largest absolute Gasteiger partial charge is 0.472 e. The van der Waals surface area contributed by atoms with Crippen molar-refractivity contribution in [3.63, 3.8) is 0 Å². The van der Waals surface area contributed by atoms with E-state index in [1.807, 2.05) is 0 Å². The molecule has 1 amide bonds. The molecule has 0 unspecified atom stereocenters. The van der Waals surface area contributed by atoms with E-state index in [0.29, 0.717) is 15.9 Å². The van der Waals surface area contributed by atoms with Crippen molar-refractivity contribution in [1.82, 2.24) is 4.98 Å². The molecule has 0 aliphatic heterocycles. The zero-order valence-corrected chi connectivity index (χ0v) is 9.19. The maximum atomic E-state index is 11.6. The number of anilines is 1. The minimum Gasteiger partial charge on any atom is -0.472 e. The molecule has 76 valence electrons. The number of furan rings is 1. The van der Waals surface area contributed by atoms with Crippen LogP contribution in [0.2, 0.25) is 0 Å². The summed E-state index contributed by atoms with van der Waals surface area (Å²) in [6.45, 7) is 0. The highest BCUT2D eigenvalue weighted by molar-refractivity contribution is 9.10. The lowest BCUT2D eigenvalue weighted by atomic mass is 10.3. The van der Waals surface area contributed by atoms with Gasteiger partial charge in [0.2, 0.25) is 0 Å². The number of carbonyl (C=O) groups is 1. The van der Waals surface area contributed by atoms with E-state index in [1.165, 1.54) is 12.5 Å². The molecule has 5 heteroatoms. The normalized spacial score (nSPS) is 9.93. The van der Waals surface area contributed by atoms with Crippen LogP contribution >= 0.6 is 15.9 Å². The predicted octanol–water partition coefficient (Wildman–Crippen LogP) is 2.69. The first-order valence-electron chi connectivity index (χ1n) is 4.21. The van der Waals surface area contributed by atoms with Crippen LogP contribution in [0.15, 0.2) is 45.9 Å². The van der Waals surface area contributed by atoms with E-state index in [2.05, 4.69) is 26.2 Å². The summed E-state index contributed by atoms with van der Waals surface area (Å²) in [6, 6.07) is 5.10. The average Bonchev–Trinajstić information content (AvgIpc) is 2.74. The summed E-state index contributed by atoms with van der Waals surface area (Å²) in [5.74, 6) is -0.225. The van der Waals surface area contributed by atoms with E-state index in [0.717, 1.165) is 0 Å². The van der Waals surface area contributed by atoms with E-state index >= 15 is 0 Å². The molecule has 15 heavy (non-hydrogen) atoms. The molecule has 0 radical (unpaired) electrons. The van der Waals surface area contributed by atoms with Gasteiger partial charge < -0.3 is 9.73 Å². The highest BCUT2D eigenvalue weighted by Crippen LogP contribution is 2.19. The van der Waals surface area contributed by atoms with E-state index in [1.54, 1.807) is 24.4 Å². The summed E-state index contributed by atoms with van der Waals surface area (Å²) in [7, 11) is 0.